The van der Waals surface area contributed by atoms with Gasteiger partial charge in [-0.3, -0.25) is 4.79 Å². The van der Waals surface area contributed by atoms with E-state index in [1.165, 1.54) is 4.57 Å². The fraction of sp³-hybridized carbons (Fsp3) is 0.200. The third kappa shape index (κ3) is 2.08. The van der Waals surface area contributed by atoms with Gasteiger partial charge in [-0.2, -0.15) is 0 Å². The molecular formula is C10H8ClF2N3O. The van der Waals surface area contributed by atoms with Crippen molar-refractivity contribution in [1.82, 2.24) is 9.55 Å². The average Bonchev–Trinajstić information content (AvgIpc) is 2.56. The highest BCUT2D eigenvalue weighted by atomic mass is 35.5. The smallest absolute Gasteiger partial charge is 0.237 e. The van der Waals surface area contributed by atoms with Gasteiger partial charge in [0.25, 0.3) is 0 Å². The highest BCUT2D eigenvalue weighted by Crippen LogP contribution is 2.21. The summed E-state index contributed by atoms with van der Waals surface area (Å²) in [6.45, 7) is -0.221. The molecule has 0 bridgehead atoms. The predicted octanol–water partition coefficient (Wildman–Crippen LogP) is 1.54. The number of hydrogen-bond acceptors (Lipinski definition) is 2. The van der Waals surface area contributed by atoms with Crippen LogP contribution in [0.25, 0.3) is 11.0 Å². The third-order valence-electron chi connectivity index (χ3n) is 2.28. The molecule has 2 aromatic rings. The molecule has 1 amide bonds. The molecule has 4 nitrogen and oxygen atoms in total. The van der Waals surface area contributed by atoms with Gasteiger partial charge in [0.15, 0.2) is 5.82 Å². The minimum atomic E-state index is -0.797. The van der Waals surface area contributed by atoms with Crippen LogP contribution < -0.4 is 5.73 Å². The van der Waals surface area contributed by atoms with Crippen LogP contribution in [0.15, 0.2) is 12.1 Å². The molecule has 2 N–H and O–H groups in total. The fourth-order valence-corrected chi connectivity index (χ4v) is 1.84. The van der Waals surface area contributed by atoms with E-state index in [9.17, 15) is 13.6 Å². The zero-order valence-corrected chi connectivity index (χ0v) is 9.34. The largest absolute Gasteiger partial charge is 0.368 e. The molecule has 0 unspecified atom stereocenters. The Bertz CT molecular complexity index is 597. The van der Waals surface area contributed by atoms with Crippen LogP contribution in [0.4, 0.5) is 8.78 Å². The quantitative estimate of drug-likeness (QED) is 0.850. The van der Waals surface area contributed by atoms with Crippen molar-refractivity contribution in [2.24, 2.45) is 5.73 Å². The van der Waals surface area contributed by atoms with Crippen molar-refractivity contribution in [2.75, 3.05) is 0 Å². The van der Waals surface area contributed by atoms with Crippen LogP contribution in [-0.2, 0) is 17.2 Å². The van der Waals surface area contributed by atoms with E-state index in [1.807, 2.05) is 0 Å². The highest BCUT2D eigenvalue weighted by molar-refractivity contribution is 6.16. The second kappa shape index (κ2) is 4.29. The molecule has 17 heavy (non-hydrogen) atoms. The van der Waals surface area contributed by atoms with Gasteiger partial charge in [-0.05, 0) is 6.07 Å². The molecule has 1 aromatic carbocycles. The average molecular weight is 260 g/mol. The first-order valence-electron chi connectivity index (χ1n) is 4.71. The van der Waals surface area contributed by atoms with E-state index >= 15 is 0 Å². The topological polar surface area (TPSA) is 60.9 Å². The Morgan fingerprint density at radius 3 is 2.76 bits per heavy atom. The van der Waals surface area contributed by atoms with Crippen molar-refractivity contribution in [3.8, 4) is 0 Å². The van der Waals surface area contributed by atoms with Crippen molar-refractivity contribution >= 4 is 28.5 Å². The number of alkyl halides is 1. The van der Waals surface area contributed by atoms with Gasteiger partial charge in [0.05, 0.1) is 11.4 Å². The molecule has 1 aromatic heterocycles. The molecule has 0 aliphatic heterocycles. The van der Waals surface area contributed by atoms with E-state index in [0.717, 1.165) is 12.1 Å². The number of fused-ring (bicyclic) bond motifs is 1. The fourth-order valence-electron chi connectivity index (χ4n) is 1.63. The van der Waals surface area contributed by atoms with Crippen LogP contribution in [0.3, 0.4) is 0 Å². The molecule has 0 aliphatic carbocycles. The van der Waals surface area contributed by atoms with Gasteiger partial charge in [0.1, 0.15) is 23.7 Å². The number of amides is 1. The molecule has 0 saturated heterocycles. The molecule has 0 radical (unpaired) electrons. The monoisotopic (exact) mass is 259 g/mol. The first-order valence-corrected chi connectivity index (χ1v) is 5.25. The molecule has 0 spiro atoms. The number of carbonyl (C=O) groups excluding carboxylic acids is 1. The van der Waals surface area contributed by atoms with Gasteiger partial charge < -0.3 is 10.3 Å². The lowest BCUT2D eigenvalue weighted by Gasteiger charge is -2.04. The summed E-state index contributed by atoms with van der Waals surface area (Å²) in [5.41, 5.74) is 5.20. The Hall–Kier alpha value is -1.69. The van der Waals surface area contributed by atoms with Crippen molar-refractivity contribution < 1.29 is 13.6 Å². The lowest BCUT2D eigenvalue weighted by atomic mass is 10.3. The Labute approximate surface area is 100.0 Å². The van der Waals surface area contributed by atoms with Crippen LogP contribution >= 0.6 is 11.6 Å². The number of halogens is 3. The summed E-state index contributed by atoms with van der Waals surface area (Å²) in [6, 6.07) is 1.81. The molecule has 0 aliphatic rings. The Morgan fingerprint density at radius 2 is 2.18 bits per heavy atom. The van der Waals surface area contributed by atoms with E-state index in [2.05, 4.69) is 4.98 Å². The molecular weight excluding hydrogens is 252 g/mol. The number of hydrogen-bond donors (Lipinski definition) is 1. The molecule has 0 fully saturated rings. The summed E-state index contributed by atoms with van der Waals surface area (Å²) < 4.78 is 27.8. The van der Waals surface area contributed by atoms with Gasteiger partial charge >= 0.3 is 0 Å². The van der Waals surface area contributed by atoms with E-state index in [1.54, 1.807) is 0 Å². The summed E-state index contributed by atoms with van der Waals surface area (Å²) >= 11 is 5.63. The number of benzene rings is 1. The molecule has 90 valence electrons. The number of nitrogens with two attached hydrogens (primary N) is 1. The Kier molecular flexibility index (Phi) is 2.97. The molecule has 2 rings (SSSR count). The second-order valence-corrected chi connectivity index (χ2v) is 3.74. The number of rotatable bonds is 3. The normalized spacial score (nSPS) is 11.0. The summed E-state index contributed by atoms with van der Waals surface area (Å²) in [5.74, 6) is -1.94. The zero-order chi connectivity index (χ0) is 12.6. The predicted molar refractivity (Wildman–Crippen MR) is 58.4 cm³/mol. The maximum absolute atomic E-state index is 13.4. The van der Waals surface area contributed by atoms with E-state index in [-0.39, 0.29) is 29.3 Å². The maximum atomic E-state index is 13.4. The van der Waals surface area contributed by atoms with Crippen molar-refractivity contribution in [1.29, 1.82) is 0 Å². The van der Waals surface area contributed by atoms with Crippen molar-refractivity contribution in [2.45, 2.75) is 12.4 Å². The van der Waals surface area contributed by atoms with Gasteiger partial charge in [-0.25, -0.2) is 13.8 Å². The first kappa shape index (κ1) is 11.8. The highest BCUT2D eigenvalue weighted by Gasteiger charge is 2.15. The van der Waals surface area contributed by atoms with Gasteiger partial charge in [-0.15, -0.1) is 11.6 Å². The van der Waals surface area contributed by atoms with Crippen LogP contribution in [0, 0.1) is 11.6 Å². The zero-order valence-electron chi connectivity index (χ0n) is 8.58. The van der Waals surface area contributed by atoms with E-state index in [0.29, 0.717) is 0 Å². The number of carbonyl (C=O) groups is 1. The summed E-state index contributed by atoms with van der Waals surface area (Å²) in [6.07, 6.45) is 0. The van der Waals surface area contributed by atoms with Gasteiger partial charge in [-0.1, -0.05) is 0 Å². The second-order valence-electron chi connectivity index (χ2n) is 3.47. The summed E-state index contributed by atoms with van der Waals surface area (Å²) in [5, 5.41) is 0. The Morgan fingerprint density at radius 1 is 1.47 bits per heavy atom. The first-order chi connectivity index (χ1) is 8.02. The Balaban J connectivity index is 2.73. The number of nitrogens with zero attached hydrogens (tertiary/aromatic N) is 2. The van der Waals surface area contributed by atoms with Crippen molar-refractivity contribution in [3.05, 3.63) is 29.6 Å². The van der Waals surface area contributed by atoms with Gasteiger partial charge in [0, 0.05) is 6.07 Å². The minimum Gasteiger partial charge on any atom is -0.368 e. The lowest BCUT2D eigenvalue weighted by Crippen LogP contribution is -2.19. The van der Waals surface area contributed by atoms with Crippen molar-refractivity contribution in [3.63, 3.8) is 0 Å². The number of imidazole rings is 1. The lowest BCUT2D eigenvalue weighted by molar-refractivity contribution is -0.118. The minimum absolute atomic E-state index is 0.0247. The molecule has 7 heteroatoms. The van der Waals surface area contributed by atoms with E-state index in [4.69, 9.17) is 17.3 Å². The van der Waals surface area contributed by atoms with Crippen LogP contribution in [-0.4, -0.2) is 15.5 Å². The van der Waals surface area contributed by atoms with Crippen LogP contribution in [0.1, 0.15) is 5.82 Å². The van der Waals surface area contributed by atoms with Crippen LogP contribution in [0.5, 0.6) is 0 Å². The van der Waals surface area contributed by atoms with Gasteiger partial charge in [0.2, 0.25) is 5.91 Å². The molecule has 0 atom stereocenters. The molecule has 0 saturated carbocycles. The SMILES string of the molecule is NC(=O)Cn1c(CCl)nc2c(F)cc(F)cc21. The van der Waals surface area contributed by atoms with E-state index < -0.39 is 17.5 Å². The molecule has 1 heterocycles. The maximum Gasteiger partial charge on any atom is 0.237 e. The number of primary amides is 1. The summed E-state index contributed by atoms with van der Waals surface area (Å²) in [4.78, 5) is 14.8. The standard InChI is InChI=1S/C10H8ClF2N3O/c11-3-9-15-10-6(13)1-5(12)2-7(10)16(9)4-8(14)17/h1-2H,3-4H2,(H2,14,17). The third-order valence-corrected chi connectivity index (χ3v) is 2.52. The number of aromatic nitrogens is 2. The van der Waals surface area contributed by atoms with Crippen LogP contribution in [0.2, 0.25) is 0 Å². The summed E-state index contributed by atoms with van der Waals surface area (Å²) in [7, 11) is 0.